The van der Waals surface area contributed by atoms with Gasteiger partial charge in [-0.1, -0.05) is 35.9 Å². The molecule has 4 aromatic rings. The minimum Gasteiger partial charge on any atom is -0.279 e. The minimum atomic E-state index is -3.61. The van der Waals surface area contributed by atoms with Gasteiger partial charge in [0, 0.05) is 36.1 Å². The van der Waals surface area contributed by atoms with Crippen LogP contribution in [0.5, 0.6) is 0 Å². The summed E-state index contributed by atoms with van der Waals surface area (Å²) >= 11 is 7.64. The second kappa shape index (κ2) is 10.5. The van der Waals surface area contributed by atoms with Crippen molar-refractivity contribution in [3.05, 3.63) is 82.6 Å². The smallest absolute Gasteiger partial charge is 0.260 e. The van der Waals surface area contributed by atoms with Crippen LogP contribution < -0.4 is 4.90 Å². The molecule has 1 aliphatic heterocycles. The van der Waals surface area contributed by atoms with E-state index in [1.165, 1.54) is 23.5 Å². The number of aryl methyl sites for hydroxylation is 1. The van der Waals surface area contributed by atoms with E-state index in [4.69, 9.17) is 16.6 Å². The number of hydrogen-bond acceptors (Lipinski definition) is 6. The molecule has 192 valence electrons. The molecule has 0 N–H and O–H groups in total. The van der Waals surface area contributed by atoms with Gasteiger partial charge in [0.25, 0.3) is 5.91 Å². The summed E-state index contributed by atoms with van der Waals surface area (Å²) in [7, 11) is -3.61. The highest BCUT2D eigenvalue weighted by atomic mass is 35.5. The van der Waals surface area contributed by atoms with Crippen LogP contribution in [-0.2, 0) is 16.6 Å². The Hall–Kier alpha value is -2.85. The van der Waals surface area contributed by atoms with E-state index in [0.29, 0.717) is 34.7 Å². The van der Waals surface area contributed by atoms with Crippen molar-refractivity contribution in [1.82, 2.24) is 14.3 Å². The van der Waals surface area contributed by atoms with Crippen LogP contribution in [0.25, 0.3) is 10.2 Å². The summed E-state index contributed by atoms with van der Waals surface area (Å²) in [6.45, 7) is 5.31. The second-order valence-corrected chi connectivity index (χ2v) is 12.8. The summed E-state index contributed by atoms with van der Waals surface area (Å²) in [5, 5.41) is 1.15. The first-order chi connectivity index (χ1) is 17.7. The fourth-order valence-electron chi connectivity index (χ4n) is 4.60. The number of pyridine rings is 1. The number of piperidine rings is 1. The number of anilines is 1. The fourth-order valence-corrected chi connectivity index (χ4v) is 7.61. The highest BCUT2D eigenvalue weighted by molar-refractivity contribution is 7.89. The molecule has 1 fully saturated rings. The molecule has 2 aromatic heterocycles. The predicted octanol–water partition coefficient (Wildman–Crippen LogP) is 5.92. The van der Waals surface area contributed by atoms with E-state index in [9.17, 15) is 13.2 Å². The van der Waals surface area contributed by atoms with Crippen LogP contribution in [0.2, 0.25) is 5.02 Å². The Morgan fingerprint density at radius 2 is 2.00 bits per heavy atom. The molecule has 2 aromatic carbocycles. The van der Waals surface area contributed by atoms with Crippen LogP contribution in [0.4, 0.5) is 5.13 Å². The molecular formula is C27H27ClN4O3S2. The topological polar surface area (TPSA) is 83.5 Å². The monoisotopic (exact) mass is 554 g/mol. The van der Waals surface area contributed by atoms with E-state index in [1.54, 1.807) is 33.7 Å². The lowest BCUT2D eigenvalue weighted by Crippen LogP contribution is -2.39. The van der Waals surface area contributed by atoms with Crippen LogP contribution in [0.1, 0.15) is 41.3 Å². The third-order valence-corrected chi connectivity index (χ3v) is 9.66. The first kappa shape index (κ1) is 25.8. The van der Waals surface area contributed by atoms with Gasteiger partial charge in [-0.2, -0.15) is 4.31 Å². The average molecular weight is 555 g/mol. The first-order valence-corrected chi connectivity index (χ1v) is 14.7. The summed E-state index contributed by atoms with van der Waals surface area (Å²) in [4.78, 5) is 24.5. The van der Waals surface area contributed by atoms with Gasteiger partial charge in [0.1, 0.15) is 0 Å². The Morgan fingerprint density at radius 1 is 1.22 bits per heavy atom. The highest BCUT2D eigenvalue weighted by Crippen LogP contribution is 2.34. The molecule has 0 bridgehead atoms. The van der Waals surface area contributed by atoms with E-state index in [-0.39, 0.29) is 17.3 Å². The molecule has 1 unspecified atom stereocenters. The molecule has 1 saturated heterocycles. The number of thiazole rings is 1. The van der Waals surface area contributed by atoms with E-state index >= 15 is 0 Å². The van der Waals surface area contributed by atoms with Gasteiger partial charge in [-0.15, -0.1) is 0 Å². The zero-order valence-corrected chi connectivity index (χ0v) is 23.0. The molecule has 1 aliphatic rings. The molecule has 0 radical (unpaired) electrons. The molecule has 0 saturated carbocycles. The Kier molecular flexibility index (Phi) is 7.31. The molecule has 0 aliphatic carbocycles. The van der Waals surface area contributed by atoms with Gasteiger partial charge in [0.2, 0.25) is 10.0 Å². The van der Waals surface area contributed by atoms with E-state index < -0.39 is 10.0 Å². The van der Waals surface area contributed by atoms with Crippen molar-refractivity contribution < 1.29 is 13.2 Å². The number of hydrogen-bond donors (Lipinski definition) is 0. The molecule has 0 spiro atoms. The van der Waals surface area contributed by atoms with Crippen molar-refractivity contribution in [2.45, 2.75) is 38.1 Å². The van der Waals surface area contributed by atoms with Crippen molar-refractivity contribution in [2.24, 2.45) is 5.92 Å². The molecule has 37 heavy (non-hydrogen) atoms. The third-order valence-electron chi connectivity index (χ3n) is 6.54. The maximum absolute atomic E-state index is 13.8. The number of carbonyl (C=O) groups is 1. The molecule has 10 heteroatoms. The van der Waals surface area contributed by atoms with Crippen LogP contribution in [0.15, 0.2) is 65.8 Å². The average Bonchev–Trinajstić information content (AvgIpc) is 3.32. The summed E-state index contributed by atoms with van der Waals surface area (Å²) in [6, 6.07) is 13.6. The molecule has 5 rings (SSSR count). The van der Waals surface area contributed by atoms with Crippen LogP contribution in [0, 0.1) is 12.8 Å². The van der Waals surface area contributed by atoms with Crippen molar-refractivity contribution in [3.8, 4) is 0 Å². The van der Waals surface area contributed by atoms with Crippen molar-refractivity contribution in [2.75, 3.05) is 18.0 Å². The Balaban J connectivity index is 1.48. The lowest BCUT2D eigenvalue weighted by atomic mass is 10.0. The van der Waals surface area contributed by atoms with Crippen molar-refractivity contribution in [3.63, 3.8) is 0 Å². The van der Waals surface area contributed by atoms with E-state index in [2.05, 4.69) is 11.9 Å². The predicted molar refractivity (Wildman–Crippen MR) is 148 cm³/mol. The van der Waals surface area contributed by atoms with Gasteiger partial charge >= 0.3 is 0 Å². The molecular weight excluding hydrogens is 528 g/mol. The Labute approximate surface area is 225 Å². The number of carbonyl (C=O) groups excluding carboxylic acids is 1. The van der Waals surface area contributed by atoms with Crippen LogP contribution in [-0.4, -0.2) is 41.7 Å². The van der Waals surface area contributed by atoms with Crippen LogP contribution in [0.3, 0.4) is 0 Å². The number of sulfonamides is 1. The summed E-state index contributed by atoms with van der Waals surface area (Å²) in [5.74, 6) is 0.0555. The number of amides is 1. The van der Waals surface area contributed by atoms with Crippen molar-refractivity contribution >= 4 is 54.2 Å². The third kappa shape index (κ3) is 5.40. The summed E-state index contributed by atoms with van der Waals surface area (Å²) in [5.41, 5.74) is 2.96. The zero-order chi connectivity index (χ0) is 26.2. The molecule has 7 nitrogen and oxygen atoms in total. The zero-order valence-electron chi connectivity index (χ0n) is 20.6. The quantitative estimate of drug-likeness (QED) is 0.295. The minimum absolute atomic E-state index is 0.196. The van der Waals surface area contributed by atoms with Crippen LogP contribution >= 0.6 is 22.9 Å². The number of nitrogens with zero attached hydrogens (tertiary/aromatic N) is 4. The lowest BCUT2D eigenvalue weighted by Gasteiger charge is -2.30. The Bertz CT molecular complexity index is 1540. The standard InChI is InChI=1S/C27H27ClN4O3S2/c1-18-5-4-12-31(16-18)37(34,35)23-9-7-21(8-10-23)26(33)32(17-20-6-3-11-29-15-20)27-30-25-19(2)13-22(28)14-24(25)36-27/h3,6-11,13-15,18H,4-5,12,16-17H2,1-2H3. The summed E-state index contributed by atoms with van der Waals surface area (Å²) in [6.07, 6.45) is 5.28. The number of rotatable bonds is 6. The molecule has 3 heterocycles. The summed E-state index contributed by atoms with van der Waals surface area (Å²) < 4.78 is 28.8. The van der Waals surface area contributed by atoms with Gasteiger partial charge in [0.15, 0.2) is 5.13 Å². The highest BCUT2D eigenvalue weighted by Gasteiger charge is 2.29. The number of benzene rings is 2. The van der Waals surface area contributed by atoms with Gasteiger partial charge < -0.3 is 0 Å². The second-order valence-electron chi connectivity index (χ2n) is 9.45. The number of fused-ring (bicyclic) bond motifs is 1. The molecule has 1 atom stereocenters. The van der Waals surface area contributed by atoms with Gasteiger partial charge in [-0.3, -0.25) is 14.7 Å². The normalized spacial score (nSPS) is 16.7. The molecule has 1 amide bonds. The van der Waals surface area contributed by atoms with Crippen molar-refractivity contribution in [1.29, 1.82) is 0 Å². The van der Waals surface area contributed by atoms with E-state index in [1.807, 2.05) is 31.2 Å². The Morgan fingerprint density at radius 3 is 2.70 bits per heavy atom. The number of aromatic nitrogens is 2. The largest absolute Gasteiger partial charge is 0.279 e. The first-order valence-electron chi connectivity index (χ1n) is 12.1. The maximum atomic E-state index is 13.8. The SMILES string of the molecule is Cc1cc(Cl)cc2sc(N(Cc3cccnc3)C(=O)c3ccc(S(=O)(=O)N4CCCC(C)C4)cc3)nc12. The van der Waals surface area contributed by atoms with Gasteiger partial charge in [-0.25, -0.2) is 13.4 Å². The fraction of sp³-hybridized carbons (Fsp3) is 0.296. The van der Waals surface area contributed by atoms with E-state index in [0.717, 1.165) is 34.2 Å². The lowest BCUT2D eigenvalue weighted by molar-refractivity contribution is 0.0985. The van der Waals surface area contributed by atoms with Gasteiger partial charge in [-0.05, 0) is 79.3 Å². The number of halogens is 1. The van der Waals surface area contributed by atoms with Gasteiger partial charge in [0.05, 0.1) is 21.7 Å². The maximum Gasteiger partial charge on any atom is 0.260 e.